The van der Waals surface area contributed by atoms with E-state index in [1.807, 2.05) is 7.05 Å². The van der Waals surface area contributed by atoms with Gasteiger partial charge in [0.1, 0.15) is 0 Å². The second kappa shape index (κ2) is 6.43. The molecule has 0 saturated heterocycles. The highest BCUT2D eigenvalue weighted by molar-refractivity contribution is 7.99. The number of H-pyrrole nitrogens is 1. The molecule has 0 bridgehead atoms. The van der Waals surface area contributed by atoms with Crippen molar-refractivity contribution in [2.24, 2.45) is 0 Å². The van der Waals surface area contributed by atoms with Crippen LogP contribution in [0.25, 0.3) is 0 Å². The van der Waals surface area contributed by atoms with Crippen LogP contribution >= 0.6 is 11.8 Å². The molecule has 18 heavy (non-hydrogen) atoms. The predicted octanol–water partition coefficient (Wildman–Crippen LogP) is 1.60. The maximum Gasteiger partial charge on any atom is 0.343 e. The molecule has 1 fully saturated rings. The molecule has 1 aliphatic carbocycles. The van der Waals surface area contributed by atoms with Crippen LogP contribution in [0.2, 0.25) is 0 Å². The molecule has 0 aromatic carbocycles. The van der Waals surface area contributed by atoms with Crippen LogP contribution < -0.4 is 11.0 Å². The number of rotatable bonds is 5. The van der Waals surface area contributed by atoms with E-state index in [1.54, 1.807) is 16.3 Å². The SMILES string of the molecule is CCCn1c(SC2CCCC(NC)C2)n[nH]c1=O. The lowest BCUT2D eigenvalue weighted by Gasteiger charge is -2.27. The molecule has 1 aromatic rings. The minimum atomic E-state index is -0.0830. The zero-order valence-corrected chi connectivity index (χ0v) is 11.9. The van der Waals surface area contributed by atoms with E-state index in [1.165, 1.54) is 19.3 Å². The average Bonchev–Trinajstić information content (AvgIpc) is 2.72. The van der Waals surface area contributed by atoms with Crippen molar-refractivity contribution in [1.82, 2.24) is 20.1 Å². The third kappa shape index (κ3) is 3.17. The van der Waals surface area contributed by atoms with Crippen LogP contribution in [-0.4, -0.2) is 33.1 Å². The van der Waals surface area contributed by atoms with Gasteiger partial charge in [0.25, 0.3) is 0 Å². The summed E-state index contributed by atoms with van der Waals surface area (Å²) in [5, 5.41) is 11.5. The maximum atomic E-state index is 11.6. The molecule has 2 N–H and O–H groups in total. The van der Waals surface area contributed by atoms with Crippen LogP contribution in [0.3, 0.4) is 0 Å². The molecule has 1 heterocycles. The minimum Gasteiger partial charge on any atom is -0.317 e. The highest BCUT2D eigenvalue weighted by Crippen LogP contribution is 2.32. The Morgan fingerprint density at radius 2 is 2.39 bits per heavy atom. The summed E-state index contributed by atoms with van der Waals surface area (Å²) in [6.45, 7) is 2.82. The Morgan fingerprint density at radius 1 is 1.56 bits per heavy atom. The van der Waals surface area contributed by atoms with Crippen molar-refractivity contribution in [2.45, 2.75) is 62.0 Å². The fourth-order valence-electron chi connectivity index (χ4n) is 2.48. The fourth-order valence-corrected chi connectivity index (χ4v) is 3.79. The van der Waals surface area contributed by atoms with Crippen molar-refractivity contribution >= 4 is 11.8 Å². The Bertz CT molecular complexity index is 428. The third-order valence-corrected chi connectivity index (χ3v) is 4.76. The number of nitrogens with one attached hydrogen (secondary N) is 2. The molecule has 2 rings (SSSR count). The zero-order valence-electron chi connectivity index (χ0n) is 11.1. The first-order chi connectivity index (χ1) is 8.74. The van der Waals surface area contributed by atoms with Crippen LogP contribution in [0.1, 0.15) is 39.0 Å². The van der Waals surface area contributed by atoms with Gasteiger partial charge in [0.2, 0.25) is 0 Å². The van der Waals surface area contributed by atoms with Gasteiger partial charge in [-0.15, -0.1) is 5.10 Å². The van der Waals surface area contributed by atoms with E-state index in [4.69, 9.17) is 0 Å². The standard InChI is InChI=1S/C12H22N4OS/c1-3-7-16-11(17)14-15-12(16)18-10-6-4-5-9(8-10)13-2/h9-10,13H,3-8H2,1-2H3,(H,14,17). The lowest BCUT2D eigenvalue weighted by atomic mass is 9.95. The van der Waals surface area contributed by atoms with Gasteiger partial charge in [-0.1, -0.05) is 25.1 Å². The van der Waals surface area contributed by atoms with Gasteiger partial charge in [-0.05, 0) is 32.7 Å². The second-order valence-corrected chi connectivity index (χ2v) is 6.12. The van der Waals surface area contributed by atoms with Gasteiger partial charge in [0, 0.05) is 17.8 Å². The molecule has 1 aliphatic rings. The van der Waals surface area contributed by atoms with E-state index in [0.717, 1.165) is 24.5 Å². The quantitative estimate of drug-likeness (QED) is 0.853. The van der Waals surface area contributed by atoms with E-state index in [-0.39, 0.29) is 5.69 Å². The molecular weight excluding hydrogens is 248 g/mol. The van der Waals surface area contributed by atoms with Gasteiger partial charge in [-0.2, -0.15) is 0 Å². The van der Waals surface area contributed by atoms with Gasteiger partial charge in [0.15, 0.2) is 5.16 Å². The Morgan fingerprint density at radius 3 is 3.11 bits per heavy atom. The van der Waals surface area contributed by atoms with Crippen molar-refractivity contribution in [3.05, 3.63) is 10.5 Å². The maximum absolute atomic E-state index is 11.6. The number of hydrogen-bond acceptors (Lipinski definition) is 4. The van der Waals surface area contributed by atoms with Gasteiger partial charge in [-0.3, -0.25) is 4.57 Å². The van der Waals surface area contributed by atoms with Crippen molar-refractivity contribution in [2.75, 3.05) is 7.05 Å². The van der Waals surface area contributed by atoms with Crippen LogP contribution in [0.5, 0.6) is 0 Å². The van der Waals surface area contributed by atoms with Crippen molar-refractivity contribution in [3.8, 4) is 0 Å². The molecule has 0 aliphatic heterocycles. The summed E-state index contributed by atoms with van der Waals surface area (Å²) in [6.07, 6.45) is 5.85. The lowest BCUT2D eigenvalue weighted by Crippen LogP contribution is -2.32. The summed E-state index contributed by atoms with van der Waals surface area (Å²) in [7, 11) is 2.03. The van der Waals surface area contributed by atoms with Gasteiger partial charge < -0.3 is 5.32 Å². The minimum absolute atomic E-state index is 0.0830. The normalized spacial score (nSPS) is 24.3. The van der Waals surface area contributed by atoms with E-state index in [9.17, 15) is 4.79 Å². The van der Waals surface area contributed by atoms with E-state index in [0.29, 0.717) is 11.3 Å². The Hall–Kier alpha value is -0.750. The first-order valence-electron chi connectivity index (χ1n) is 6.73. The highest BCUT2D eigenvalue weighted by atomic mass is 32.2. The zero-order chi connectivity index (χ0) is 13.0. The summed E-state index contributed by atoms with van der Waals surface area (Å²) in [6, 6.07) is 0.613. The molecule has 2 atom stereocenters. The average molecular weight is 270 g/mol. The van der Waals surface area contributed by atoms with E-state index in [2.05, 4.69) is 22.4 Å². The number of aromatic amines is 1. The van der Waals surface area contributed by atoms with Gasteiger partial charge >= 0.3 is 5.69 Å². The number of hydrogen-bond donors (Lipinski definition) is 2. The molecule has 0 radical (unpaired) electrons. The van der Waals surface area contributed by atoms with E-state index < -0.39 is 0 Å². The summed E-state index contributed by atoms with van der Waals surface area (Å²) < 4.78 is 1.76. The smallest absolute Gasteiger partial charge is 0.317 e. The summed E-state index contributed by atoms with van der Waals surface area (Å²) in [5.41, 5.74) is -0.0830. The molecule has 1 aromatic heterocycles. The summed E-state index contributed by atoms with van der Waals surface area (Å²) in [5.74, 6) is 0. The monoisotopic (exact) mass is 270 g/mol. The van der Waals surface area contributed by atoms with Crippen molar-refractivity contribution in [3.63, 3.8) is 0 Å². The third-order valence-electron chi connectivity index (χ3n) is 3.48. The first-order valence-corrected chi connectivity index (χ1v) is 7.61. The second-order valence-electron chi connectivity index (χ2n) is 4.86. The predicted molar refractivity (Wildman–Crippen MR) is 74.1 cm³/mol. The van der Waals surface area contributed by atoms with Gasteiger partial charge in [-0.25, -0.2) is 9.89 Å². The molecular formula is C12H22N4OS. The van der Waals surface area contributed by atoms with Crippen LogP contribution in [0.15, 0.2) is 9.95 Å². The first kappa shape index (κ1) is 13.7. The van der Waals surface area contributed by atoms with Crippen LogP contribution in [0.4, 0.5) is 0 Å². The summed E-state index contributed by atoms with van der Waals surface area (Å²) >= 11 is 1.75. The Labute approximate surface area is 112 Å². The Balaban J connectivity index is 2.02. The summed E-state index contributed by atoms with van der Waals surface area (Å²) in [4.78, 5) is 11.6. The largest absolute Gasteiger partial charge is 0.343 e. The molecule has 1 saturated carbocycles. The number of nitrogens with zero attached hydrogens (tertiary/aromatic N) is 2. The topological polar surface area (TPSA) is 62.7 Å². The van der Waals surface area contributed by atoms with Crippen LogP contribution in [-0.2, 0) is 6.54 Å². The lowest BCUT2D eigenvalue weighted by molar-refractivity contribution is 0.402. The number of thioether (sulfide) groups is 1. The van der Waals surface area contributed by atoms with Crippen LogP contribution in [0, 0.1) is 0 Å². The number of aromatic nitrogens is 3. The van der Waals surface area contributed by atoms with Gasteiger partial charge in [0.05, 0.1) is 0 Å². The highest BCUT2D eigenvalue weighted by Gasteiger charge is 2.23. The molecule has 2 unspecified atom stereocenters. The molecule has 0 spiro atoms. The Kier molecular flexibility index (Phi) is 4.88. The fraction of sp³-hybridized carbons (Fsp3) is 0.833. The van der Waals surface area contributed by atoms with E-state index >= 15 is 0 Å². The molecule has 6 heteroatoms. The van der Waals surface area contributed by atoms with Crippen molar-refractivity contribution in [1.29, 1.82) is 0 Å². The van der Waals surface area contributed by atoms with Crippen molar-refractivity contribution < 1.29 is 0 Å². The molecule has 102 valence electrons. The molecule has 0 amide bonds. The molecule has 5 nitrogen and oxygen atoms in total.